The Morgan fingerprint density at radius 2 is 1.50 bits per heavy atom. The van der Waals surface area contributed by atoms with E-state index in [-0.39, 0.29) is 16.4 Å². The molecule has 188 valence electrons. The summed E-state index contributed by atoms with van der Waals surface area (Å²) in [6, 6.07) is 4.18. The minimum atomic E-state index is -4.01. The first-order valence-corrected chi connectivity index (χ1v) is 13.9. The van der Waals surface area contributed by atoms with Crippen LogP contribution >= 0.6 is 11.8 Å². The molecule has 1 rings (SSSR count). The zero-order chi connectivity index (χ0) is 25.7. The fourth-order valence-electron chi connectivity index (χ4n) is 3.01. The van der Waals surface area contributed by atoms with Crippen LogP contribution in [0.3, 0.4) is 0 Å². The molecule has 1 aromatic rings. The van der Waals surface area contributed by atoms with E-state index in [0.717, 1.165) is 25.7 Å². The predicted molar refractivity (Wildman–Crippen MR) is 141 cm³/mol. The van der Waals surface area contributed by atoms with Crippen LogP contribution in [0.15, 0.2) is 64.1 Å². The second-order valence-corrected chi connectivity index (χ2v) is 11.4. The van der Waals surface area contributed by atoms with Crippen molar-refractivity contribution in [2.24, 2.45) is 0 Å². The van der Waals surface area contributed by atoms with Crippen molar-refractivity contribution in [1.82, 2.24) is 4.72 Å². The molecule has 0 aliphatic carbocycles. The highest BCUT2D eigenvalue weighted by atomic mass is 32.2. The molecule has 0 aromatic heterocycles. The lowest BCUT2D eigenvalue weighted by atomic mass is 10.1. The van der Waals surface area contributed by atoms with Gasteiger partial charge in [-0.15, -0.1) is 0 Å². The SMILES string of the molecule is CC(=O)c1ccc(S(=O)(=O)N[C@@H](CSC/C=C(\C)CC/C=C(\C)CCC=C(C)C)C(=O)O)cc1. The molecule has 0 spiro atoms. The number of Topliss-reactive ketones (excluding diaryl/α,β-unsaturated/α-hetero) is 1. The van der Waals surface area contributed by atoms with Gasteiger partial charge < -0.3 is 5.11 Å². The third kappa shape index (κ3) is 11.8. The lowest BCUT2D eigenvalue weighted by Crippen LogP contribution is -2.42. The van der Waals surface area contributed by atoms with E-state index in [0.29, 0.717) is 11.3 Å². The van der Waals surface area contributed by atoms with Gasteiger partial charge in [0.2, 0.25) is 10.0 Å². The zero-order valence-electron chi connectivity index (χ0n) is 20.8. The smallest absolute Gasteiger partial charge is 0.322 e. The highest BCUT2D eigenvalue weighted by molar-refractivity contribution is 7.99. The standard InChI is InChI=1S/C26H37NO5S2/c1-19(2)8-6-9-20(3)10-7-11-21(4)16-17-33-18-25(26(29)30)27-34(31,32)24-14-12-23(13-15-24)22(5)28/h8,10,12-16,25,27H,6-7,9,11,17-18H2,1-5H3,(H,29,30)/b20-10+,21-16+/t25-/m0/s1. The number of ketones is 1. The highest BCUT2D eigenvalue weighted by Crippen LogP contribution is 2.15. The number of allylic oxidation sites excluding steroid dienone is 5. The lowest BCUT2D eigenvalue weighted by molar-refractivity contribution is -0.138. The number of sulfonamides is 1. The summed E-state index contributed by atoms with van der Waals surface area (Å²) in [7, 11) is -4.01. The Bertz CT molecular complexity index is 1020. The van der Waals surface area contributed by atoms with Crippen LogP contribution < -0.4 is 4.72 Å². The van der Waals surface area contributed by atoms with Gasteiger partial charge in [0.25, 0.3) is 0 Å². The summed E-state index contributed by atoms with van der Waals surface area (Å²) in [5.74, 6) is -0.696. The molecule has 0 amide bonds. The summed E-state index contributed by atoms with van der Waals surface area (Å²) in [5.41, 5.74) is 4.33. The Morgan fingerprint density at radius 3 is 2.03 bits per heavy atom. The number of carboxylic acids is 1. The van der Waals surface area contributed by atoms with Crippen LogP contribution in [-0.4, -0.2) is 42.8 Å². The van der Waals surface area contributed by atoms with Crippen LogP contribution in [0, 0.1) is 0 Å². The Hall–Kier alpha value is -2.16. The minimum absolute atomic E-state index is 0.0753. The average Bonchev–Trinajstić information content (AvgIpc) is 2.75. The number of thioether (sulfide) groups is 1. The fraction of sp³-hybridized carbons (Fsp3) is 0.462. The molecule has 0 saturated heterocycles. The van der Waals surface area contributed by atoms with Crippen molar-refractivity contribution in [3.05, 3.63) is 64.8 Å². The summed E-state index contributed by atoms with van der Waals surface area (Å²) >= 11 is 1.36. The first-order valence-electron chi connectivity index (χ1n) is 11.3. The molecular formula is C26H37NO5S2. The number of rotatable bonds is 15. The van der Waals surface area contributed by atoms with Crippen molar-refractivity contribution in [1.29, 1.82) is 0 Å². The third-order valence-corrected chi connectivity index (χ3v) is 7.58. The number of hydrogen-bond donors (Lipinski definition) is 2. The number of carbonyl (C=O) groups excluding carboxylic acids is 1. The molecule has 0 radical (unpaired) electrons. The molecule has 1 atom stereocenters. The second-order valence-electron chi connectivity index (χ2n) is 8.59. The van der Waals surface area contributed by atoms with Gasteiger partial charge in [0.1, 0.15) is 6.04 Å². The van der Waals surface area contributed by atoms with Crippen LogP contribution in [0.2, 0.25) is 0 Å². The summed E-state index contributed by atoms with van der Waals surface area (Å²) in [6.07, 6.45) is 10.6. The highest BCUT2D eigenvalue weighted by Gasteiger charge is 2.25. The quantitative estimate of drug-likeness (QED) is 0.177. The Kier molecular flexibility index (Phi) is 13.1. The number of carboxylic acid groups (broad SMARTS) is 1. The van der Waals surface area contributed by atoms with Gasteiger partial charge >= 0.3 is 5.97 Å². The maximum atomic E-state index is 12.6. The van der Waals surface area contributed by atoms with E-state index in [1.165, 1.54) is 59.7 Å². The summed E-state index contributed by atoms with van der Waals surface area (Å²) in [5, 5.41) is 9.46. The van der Waals surface area contributed by atoms with E-state index in [2.05, 4.69) is 50.6 Å². The summed E-state index contributed by atoms with van der Waals surface area (Å²) < 4.78 is 27.4. The van der Waals surface area contributed by atoms with Gasteiger partial charge in [-0.2, -0.15) is 16.5 Å². The first-order chi connectivity index (χ1) is 15.9. The van der Waals surface area contributed by atoms with Crippen molar-refractivity contribution < 1.29 is 23.1 Å². The van der Waals surface area contributed by atoms with Gasteiger partial charge in [-0.25, -0.2) is 8.42 Å². The maximum absolute atomic E-state index is 12.6. The molecule has 34 heavy (non-hydrogen) atoms. The van der Waals surface area contributed by atoms with E-state index in [4.69, 9.17) is 0 Å². The van der Waals surface area contributed by atoms with Crippen molar-refractivity contribution in [2.45, 2.75) is 71.2 Å². The first kappa shape index (κ1) is 29.9. The Balaban J connectivity index is 2.54. The Morgan fingerprint density at radius 1 is 0.941 bits per heavy atom. The van der Waals surface area contributed by atoms with E-state index in [1.54, 1.807) is 0 Å². The fourth-order valence-corrected chi connectivity index (χ4v) is 5.30. The van der Waals surface area contributed by atoms with Crippen LogP contribution in [-0.2, 0) is 14.8 Å². The molecule has 0 aliphatic rings. The second kappa shape index (κ2) is 15.0. The maximum Gasteiger partial charge on any atom is 0.322 e. The Labute approximate surface area is 208 Å². The lowest BCUT2D eigenvalue weighted by Gasteiger charge is -2.14. The molecule has 6 nitrogen and oxygen atoms in total. The topological polar surface area (TPSA) is 101 Å². The molecule has 0 aliphatic heterocycles. The zero-order valence-corrected chi connectivity index (χ0v) is 22.4. The number of nitrogens with one attached hydrogen (secondary N) is 1. The number of hydrogen-bond acceptors (Lipinski definition) is 5. The van der Waals surface area contributed by atoms with Crippen molar-refractivity contribution in [3.8, 4) is 0 Å². The molecule has 8 heteroatoms. The van der Waals surface area contributed by atoms with E-state index >= 15 is 0 Å². The molecule has 0 unspecified atom stereocenters. The van der Waals surface area contributed by atoms with Gasteiger partial charge in [-0.1, -0.05) is 47.1 Å². The van der Waals surface area contributed by atoms with Gasteiger partial charge in [-0.3, -0.25) is 9.59 Å². The number of aliphatic carboxylic acids is 1. The van der Waals surface area contributed by atoms with Gasteiger partial charge in [0.15, 0.2) is 5.78 Å². The molecule has 0 heterocycles. The van der Waals surface area contributed by atoms with Crippen LogP contribution in [0.4, 0.5) is 0 Å². The number of benzene rings is 1. The summed E-state index contributed by atoms with van der Waals surface area (Å²) in [4.78, 5) is 22.9. The number of carbonyl (C=O) groups is 2. The van der Waals surface area contributed by atoms with Gasteiger partial charge in [0, 0.05) is 17.1 Å². The molecular weight excluding hydrogens is 470 g/mol. The predicted octanol–water partition coefficient (Wildman–Crippen LogP) is 5.77. The summed E-state index contributed by atoms with van der Waals surface area (Å²) in [6.45, 7) is 9.80. The van der Waals surface area contributed by atoms with Crippen LogP contribution in [0.1, 0.15) is 70.7 Å². The average molecular weight is 508 g/mol. The van der Waals surface area contributed by atoms with Gasteiger partial charge in [0.05, 0.1) is 4.90 Å². The monoisotopic (exact) mass is 507 g/mol. The van der Waals surface area contributed by atoms with Crippen LogP contribution in [0.5, 0.6) is 0 Å². The van der Waals surface area contributed by atoms with E-state index in [9.17, 15) is 23.1 Å². The largest absolute Gasteiger partial charge is 0.480 e. The van der Waals surface area contributed by atoms with Crippen molar-refractivity contribution in [3.63, 3.8) is 0 Å². The van der Waals surface area contributed by atoms with Crippen LogP contribution in [0.25, 0.3) is 0 Å². The van der Waals surface area contributed by atoms with Gasteiger partial charge in [-0.05, 0) is 72.4 Å². The van der Waals surface area contributed by atoms with Crippen molar-refractivity contribution >= 4 is 33.5 Å². The normalized spacial score (nSPS) is 13.4. The molecule has 0 fully saturated rings. The molecule has 1 aromatic carbocycles. The van der Waals surface area contributed by atoms with Crippen molar-refractivity contribution in [2.75, 3.05) is 11.5 Å². The molecule has 0 saturated carbocycles. The minimum Gasteiger partial charge on any atom is -0.480 e. The third-order valence-electron chi connectivity index (χ3n) is 5.12. The van der Waals surface area contributed by atoms with E-state index < -0.39 is 22.0 Å². The van der Waals surface area contributed by atoms with E-state index in [1.807, 2.05) is 0 Å². The molecule has 2 N–H and O–H groups in total. The molecule has 0 bridgehead atoms.